The summed E-state index contributed by atoms with van der Waals surface area (Å²) in [5.41, 5.74) is 12.2. The molecule has 2 heterocycles. The van der Waals surface area contributed by atoms with Crippen molar-refractivity contribution in [3.05, 3.63) is 65.1 Å². The summed E-state index contributed by atoms with van der Waals surface area (Å²) in [4.78, 5) is 27.9. The molecule has 0 spiro atoms. The number of benzene rings is 1. The molecule has 2 amide bonds. The Hall–Kier alpha value is -2.86. The summed E-state index contributed by atoms with van der Waals surface area (Å²) in [5.74, 6) is -0.779. The molecule has 0 fully saturated rings. The molecule has 0 aliphatic carbocycles. The molecule has 0 saturated heterocycles. The number of nitrogens with zero attached hydrogens (tertiary/aromatic N) is 1. The molecular formula is C16H15ClN4O2. The van der Waals surface area contributed by atoms with E-state index in [1.807, 2.05) is 30.3 Å². The lowest BCUT2D eigenvalue weighted by Crippen LogP contribution is -2.13. The first-order chi connectivity index (χ1) is 11.0. The van der Waals surface area contributed by atoms with Gasteiger partial charge in [-0.05, 0) is 17.7 Å². The summed E-state index contributed by atoms with van der Waals surface area (Å²) in [6.45, 7) is 0. The molecule has 3 rings (SSSR count). The predicted molar refractivity (Wildman–Crippen MR) is 89.0 cm³/mol. The Balaban J connectivity index is 0.000000174. The molecule has 0 bridgehead atoms. The number of carbonyl (C=O) groups is 2. The highest BCUT2D eigenvalue weighted by Gasteiger charge is 2.05. The van der Waals surface area contributed by atoms with E-state index in [0.717, 1.165) is 16.5 Å². The van der Waals surface area contributed by atoms with Crippen LogP contribution < -0.4 is 11.5 Å². The van der Waals surface area contributed by atoms with Crippen LogP contribution >= 0.6 is 11.6 Å². The minimum absolute atomic E-state index is 0.286. The molecule has 0 radical (unpaired) electrons. The van der Waals surface area contributed by atoms with Crippen LogP contribution in [0.4, 0.5) is 0 Å². The number of aromatic amines is 1. The monoisotopic (exact) mass is 330 g/mol. The van der Waals surface area contributed by atoms with Crippen molar-refractivity contribution in [2.45, 2.75) is 6.42 Å². The van der Waals surface area contributed by atoms with E-state index in [-0.39, 0.29) is 5.91 Å². The predicted octanol–water partition coefficient (Wildman–Crippen LogP) is 2.03. The molecule has 23 heavy (non-hydrogen) atoms. The number of nitrogens with one attached hydrogen (secondary N) is 1. The summed E-state index contributed by atoms with van der Waals surface area (Å²) in [6, 6.07) is 12.8. The highest BCUT2D eigenvalue weighted by Crippen LogP contribution is 2.17. The number of aromatic nitrogens is 2. The molecule has 0 unspecified atom stereocenters. The highest BCUT2D eigenvalue weighted by atomic mass is 35.5. The van der Waals surface area contributed by atoms with E-state index in [0.29, 0.717) is 17.3 Å². The van der Waals surface area contributed by atoms with Gasteiger partial charge in [0, 0.05) is 5.39 Å². The fourth-order valence-electron chi connectivity index (χ4n) is 1.93. The van der Waals surface area contributed by atoms with Gasteiger partial charge in [-0.15, -0.1) is 0 Å². The average molecular weight is 331 g/mol. The lowest BCUT2D eigenvalue weighted by Gasteiger charge is -1.93. The fraction of sp³-hybridized carbons (Fsp3) is 0.0625. The van der Waals surface area contributed by atoms with E-state index in [9.17, 15) is 9.59 Å². The first kappa shape index (κ1) is 16.5. The van der Waals surface area contributed by atoms with E-state index in [4.69, 9.17) is 23.1 Å². The first-order valence-corrected chi connectivity index (χ1v) is 7.10. The van der Waals surface area contributed by atoms with E-state index < -0.39 is 5.91 Å². The maximum atomic E-state index is 10.8. The molecule has 0 atom stereocenters. The number of hydrogen-bond acceptors (Lipinski definition) is 3. The second-order valence-electron chi connectivity index (χ2n) is 4.77. The third-order valence-corrected chi connectivity index (χ3v) is 3.17. The van der Waals surface area contributed by atoms with Crippen LogP contribution in [0.3, 0.4) is 0 Å². The fourth-order valence-corrected chi connectivity index (χ4v) is 2.10. The van der Waals surface area contributed by atoms with Crippen molar-refractivity contribution in [3.8, 4) is 0 Å². The summed E-state index contributed by atoms with van der Waals surface area (Å²) in [5, 5.41) is 1.22. The quantitative estimate of drug-likeness (QED) is 0.638. The van der Waals surface area contributed by atoms with Gasteiger partial charge < -0.3 is 16.5 Å². The molecular weight excluding hydrogens is 316 g/mol. The van der Waals surface area contributed by atoms with Gasteiger partial charge in [-0.2, -0.15) is 0 Å². The summed E-state index contributed by atoms with van der Waals surface area (Å²) < 4.78 is 0. The van der Waals surface area contributed by atoms with Crippen molar-refractivity contribution in [1.82, 2.24) is 9.97 Å². The molecule has 0 aliphatic rings. The molecule has 1 aromatic carbocycles. The van der Waals surface area contributed by atoms with Gasteiger partial charge in [0.1, 0.15) is 10.8 Å². The summed E-state index contributed by atoms with van der Waals surface area (Å²) in [7, 11) is 0. The van der Waals surface area contributed by atoms with Crippen LogP contribution in [0, 0.1) is 0 Å². The number of halogens is 1. The second kappa shape index (κ2) is 7.42. The first-order valence-electron chi connectivity index (χ1n) is 6.72. The Labute approximate surface area is 137 Å². The van der Waals surface area contributed by atoms with Gasteiger partial charge in [0.15, 0.2) is 0 Å². The zero-order valence-corrected chi connectivity index (χ0v) is 12.9. The van der Waals surface area contributed by atoms with Gasteiger partial charge in [0.25, 0.3) is 5.91 Å². The number of nitrogens with two attached hydrogens (primary N) is 2. The number of rotatable bonds is 3. The number of amides is 2. The Kier molecular flexibility index (Phi) is 5.32. The number of hydrogen-bond donors (Lipinski definition) is 3. The molecule has 2 aromatic heterocycles. The van der Waals surface area contributed by atoms with Gasteiger partial charge in [0.2, 0.25) is 5.91 Å². The Bertz CT molecular complexity index is 830. The maximum Gasteiger partial charge on any atom is 0.265 e. The average Bonchev–Trinajstić information content (AvgIpc) is 2.91. The zero-order chi connectivity index (χ0) is 16.8. The number of primary amides is 2. The second-order valence-corrected chi connectivity index (χ2v) is 5.16. The van der Waals surface area contributed by atoms with Gasteiger partial charge >= 0.3 is 0 Å². The van der Waals surface area contributed by atoms with Crippen LogP contribution in [0.25, 0.3) is 10.9 Å². The van der Waals surface area contributed by atoms with Crippen molar-refractivity contribution >= 4 is 34.3 Å². The summed E-state index contributed by atoms with van der Waals surface area (Å²) in [6.07, 6.45) is 1.89. The topological polar surface area (TPSA) is 115 Å². The lowest BCUT2D eigenvalue weighted by molar-refractivity contribution is -0.117. The van der Waals surface area contributed by atoms with Gasteiger partial charge in [-0.3, -0.25) is 9.59 Å². The van der Waals surface area contributed by atoms with E-state index in [1.54, 1.807) is 18.3 Å². The Morgan fingerprint density at radius 1 is 1.13 bits per heavy atom. The smallest absolute Gasteiger partial charge is 0.265 e. The standard InChI is InChI=1S/C8H6ClN3O.C8H9NO/c9-7-2-4-1-5(8(10)13)12-6(4)3-11-7;9-8(10)6-7-4-2-1-3-5-7/h1-3,12H,(H2,10,13);1-5H,6H2,(H2,9,10). The number of carbonyl (C=O) groups excluding carboxylic acids is 2. The van der Waals surface area contributed by atoms with E-state index >= 15 is 0 Å². The largest absolute Gasteiger partial charge is 0.369 e. The Morgan fingerprint density at radius 3 is 2.43 bits per heavy atom. The van der Waals surface area contributed by atoms with Crippen LogP contribution in [0.15, 0.2) is 48.7 Å². The number of H-pyrrole nitrogens is 1. The van der Waals surface area contributed by atoms with Crippen molar-refractivity contribution in [2.75, 3.05) is 0 Å². The van der Waals surface area contributed by atoms with Crippen LogP contribution in [0.5, 0.6) is 0 Å². The van der Waals surface area contributed by atoms with Gasteiger partial charge in [0.05, 0.1) is 18.1 Å². The lowest BCUT2D eigenvalue weighted by atomic mass is 10.1. The van der Waals surface area contributed by atoms with Gasteiger partial charge in [-0.1, -0.05) is 41.9 Å². The third-order valence-electron chi connectivity index (χ3n) is 2.96. The molecule has 3 aromatic rings. The van der Waals surface area contributed by atoms with Crippen LogP contribution in [0.2, 0.25) is 5.15 Å². The van der Waals surface area contributed by atoms with E-state index in [2.05, 4.69) is 9.97 Å². The van der Waals surface area contributed by atoms with Crippen molar-refractivity contribution < 1.29 is 9.59 Å². The zero-order valence-electron chi connectivity index (χ0n) is 12.1. The van der Waals surface area contributed by atoms with Crippen molar-refractivity contribution in [3.63, 3.8) is 0 Å². The third kappa shape index (κ3) is 4.82. The number of fused-ring (bicyclic) bond motifs is 1. The van der Waals surface area contributed by atoms with E-state index in [1.165, 1.54) is 0 Å². The molecule has 5 N–H and O–H groups in total. The minimum atomic E-state index is -0.493. The van der Waals surface area contributed by atoms with Crippen LogP contribution in [-0.4, -0.2) is 21.8 Å². The summed E-state index contributed by atoms with van der Waals surface area (Å²) >= 11 is 5.67. The maximum absolute atomic E-state index is 10.8. The SMILES string of the molecule is NC(=O)Cc1ccccc1.NC(=O)c1cc2cc(Cl)ncc2[nH]1. The highest BCUT2D eigenvalue weighted by molar-refractivity contribution is 6.30. The van der Waals surface area contributed by atoms with Crippen LogP contribution in [-0.2, 0) is 11.2 Å². The van der Waals surface area contributed by atoms with Crippen molar-refractivity contribution in [1.29, 1.82) is 0 Å². The number of pyridine rings is 1. The van der Waals surface area contributed by atoms with Crippen molar-refractivity contribution in [2.24, 2.45) is 11.5 Å². The molecule has 118 valence electrons. The molecule has 6 nitrogen and oxygen atoms in total. The molecule has 0 aliphatic heterocycles. The Morgan fingerprint density at radius 2 is 1.83 bits per heavy atom. The molecule has 0 saturated carbocycles. The molecule has 7 heteroatoms. The minimum Gasteiger partial charge on any atom is -0.369 e. The normalized spacial score (nSPS) is 9.96. The van der Waals surface area contributed by atoms with Crippen LogP contribution in [0.1, 0.15) is 16.1 Å². The van der Waals surface area contributed by atoms with Gasteiger partial charge in [-0.25, -0.2) is 4.98 Å².